The number of nitrogens with two attached hydrogens (primary N) is 1. The van der Waals surface area contributed by atoms with Crippen LogP contribution in [0.5, 0.6) is 0 Å². The predicted molar refractivity (Wildman–Crippen MR) is 72.6 cm³/mol. The van der Waals surface area contributed by atoms with Crippen LogP contribution in [0.2, 0.25) is 0 Å². The second kappa shape index (κ2) is 6.39. The highest BCUT2D eigenvalue weighted by molar-refractivity contribution is 7.98. The summed E-state index contributed by atoms with van der Waals surface area (Å²) in [5.74, 6) is 0.759. The molecule has 6 heteroatoms. The van der Waals surface area contributed by atoms with Crippen LogP contribution in [-0.4, -0.2) is 27.0 Å². The number of nitrogens with one attached hydrogen (secondary N) is 1. The number of thioether (sulfide) groups is 1. The highest BCUT2D eigenvalue weighted by Gasteiger charge is 2.17. The normalized spacial score (nSPS) is 11.7. The average Bonchev–Trinajstić information content (AvgIpc) is 2.29. The van der Waals surface area contributed by atoms with Crippen LogP contribution in [0.15, 0.2) is 23.1 Å². The third kappa shape index (κ3) is 3.70. The molecule has 0 radical (unpaired) electrons. The first-order valence-electron chi connectivity index (χ1n) is 5.30. The van der Waals surface area contributed by atoms with Gasteiger partial charge in [-0.3, -0.25) is 0 Å². The van der Waals surface area contributed by atoms with Crippen LogP contribution in [0.3, 0.4) is 0 Å². The Morgan fingerprint density at radius 2 is 2.12 bits per heavy atom. The molecule has 4 nitrogen and oxygen atoms in total. The van der Waals surface area contributed by atoms with Gasteiger partial charge < -0.3 is 5.73 Å². The fourth-order valence-electron chi connectivity index (χ4n) is 1.53. The lowest BCUT2D eigenvalue weighted by atomic mass is 10.1. The van der Waals surface area contributed by atoms with E-state index in [0.717, 1.165) is 16.9 Å². The summed E-state index contributed by atoms with van der Waals surface area (Å²) in [6.45, 7) is 2.57. The maximum atomic E-state index is 12.0. The second-order valence-corrected chi connectivity index (χ2v) is 6.36. The van der Waals surface area contributed by atoms with Crippen molar-refractivity contribution in [1.29, 1.82) is 0 Å². The number of hydrogen-bond donors (Lipinski definition) is 2. The summed E-state index contributed by atoms with van der Waals surface area (Å²) in [6, 6.07) is 5.17. The summed E-state index contributed by atoms with van der Waals surface area (Å²) in [5.41, 5.74) is 7.15. The Morgan fingerprint density at radius 3 is 2.71 bits per heavy atom. The third-order valence-corrected chi connectivity index (χ3v) is 4.72. The van der Waals surface area contributed by atoms with Crippen LogP contribution >= 0.6 is 11.8 Å². The first-order chi connectivity index (χ1) is 8.03. The van der Waals surface area contributed by atoms with Gasteiger partial charge in [-0.25, -0.2) is 13.1 Å². The maximum Gasteiger partial charge on any atom is 0.240 e. The van der Waals surface area contributed by atoms with E-state index in [0.29, 0.717) is 18.0 Å². The fourth-order valence-corrected chi connectivity index (χ4v) is 3.28. The van der Waals surface area contributed by atoms with E-state index in [4.69, 9.17) is 5.73 Å². The average molecular weight is 274 g/mol. The lowest BCUT2D eigenvalue weighted by Gasteiger charge is -2.11. The molecule has 0 aliphatic rings. The molecule has 0 aliphatic heterocycles. The smallest absolute Gasteiger partial charge is 0.240 e. The van der Waals surface area contributed by atoms with Crippen molar-refractivity contribution < 1.29 is 8.42 Å². The summed E-state index contributed by atoms with van der Waals surface area (Å²) in [5, 5.41) is 0. The Hall–Kier alpha value is -0.560. The maximum absolute atomic E-state index is 12.0. The molecular formula is C11H18N2O2S2. The highest BCUT2D eigenvalue weighted by atomic mass is 32.2. The van der Waals surface area contributed by atoms with Crippen molar-refractivity contribution in [2.75, 3.05) is 18.6 Å². The molecule has 0 aliphatic carbocycles. The highest BCUT2D eigenvalue weighted by Crippen LogP contribution is 2.18. The van der Waals surface area contributed by atoms with Crippen molar-refractivity contribution in [3.63, 3.8) is 0 Å². The molecule has 0 unspecified atom stereocenters. The van der Waals surface area contributed by atoms with Crippen molar-refractivity contribution in [1.82, 2.24) is 4.72 Å². The Labute approximate surface area is 107 Å². The second-order valence-electron chi connectivity index (χ2n) is 3.63. The Bertz CT molecular complexity index is 472. The van der Waals surface area contributed by atoms with Crippen molar-refractivity contribution in [2.24, 2.45) is 5.73 Å². The number of hydrogen-bond acceptors (Lipinski definition) is 4. The Kier molecular flexibility index (Phi) is 5.45. The van der Waals surface area contributed by atoms with Crippen molar-refractivity contribution in [2.45, 2.75) is 18.4 Å². The van der Waals surface area contributed by atoms with E-state index in [1.165, 1.54) is 0 Å². The molecule has 0 aromatic heterocycles. The van der Waals surface area contributed by atoms with Gasteiger partial charge in [-0.05, 0) is 30.4 Å². The minimum absolute atomic E-state index is 0.321. The van der Waals surface area contributed by atoms with Gasteiger partial charge in [0, 0.05) is 18.8 Å². The molecule has 0 heterocycles. The number of rotatable bonds is 6. The SMILES string of the molecule is CSCCNS(=O)(=O)c1cccc(CN)c1C. The number of benzene rings is 1. The van der Waals surface area contributed by atoms with Gasteiger partial charge in [0.2, 0.25) is 10.0 Å². The molecule has 0 bridgehead atoms. The van der Waals surface area contributed by atoms with E-state index in [-0.39, 0.29) is 0 Å². The van der Waals surface area contributed by atoms with Crippen LogP contribution in [-0.2, 0) is 16.6 Å². The minimum atomic E-state index is -3.41. The molecule has 1 aromatic carbocycles. The summed E-state index contributed by atoms with van der Waals surface area (Å²) in [7, 11) is -3.41. The van der Waals surface area contributed by atoms with E-state index in [1.807, 2.05) is 12.3 Å². The monoisotopic (exact) mass is 274 g/mol. The number of sulfonamides is 1. The molecule has 0 fully saturated rings. The van der Waals surface area contributed by atoms with Crippen molar-refractivity contribution >= 4 is 21.8 Å². The lowest BCUT2D eigenvalue weighted by Crippen LogP contribution is -2.27. The van der Waals surface area contributed by atoms with Crippen LogP contribution < -0.4 is 10.5 Å². The van der Waals surface area contributed by atoms with E-state index in [9.17, 15) is 8.42 Å². The lowest BCUT2D eigenvalue weighted by molar-refractivity contribution is 0.583. The zero-order valence-electron chi connectivity index (χ0n) is 10.1. The van der Waals surface area contributed by atoms with Gasteiger partial charge in [0.1, 0.15) is 0 Å². The molecule has 3 N–H and O–H groups in total. The van der Waals surface area contributed by atoms with E-state index >= 15 is 0 Å². The first-order valence-corrected chi connectivity index (χ1v) is 8.17. The molecule has 17 heavy (non-hydrogen) atoms. The molecule has 0 saturated carbocycles. The summed E-state index contributed by atoms with van der Waals surface area (Å²) < 4.78 is 26.6. The van der Waals surface area contributed by atoms with Gasteiger partial charge >= 0.3 is 0 Å². The van der Waals surface area contributed by atoms with Crippen LogP contribution in [0, 0.1) is 6.92 Å². The summed E-state index contributed by atoms with van der Waals surface area (Å²) >= 11 is 1.60. The van der Waals surface area contributed by atoms with Crippen LogP contribution in [0.25, 0.3) is 0 Å². The van der Waals surface area contributed by atoms with Gasteiger partial charge in [-0.2, -0.15) is 11.8 Å². The fraction of sp³-hybridized carbons (Fsp3) is 0.455. The molecule has 1 aromatic rings. The zero-order chi connectivity index (χ0) is 12.9. The predicted octanol–water partition coefficient (Wildman–Crippen LogP) is 1.10. The minimum Gasteiger partial charge on any atom is -0.326 e. The van der Waals surface area contributed by atoms with E-state index < -0.39 is 10.0 Å². The Morgan fingerprint density at radius 1 is 1.41 bits per heavy atom. The molecule has 0 saturated heterocycles. The Balaban J connectivity index is 2.99. The van der Waals surface area contributed by atoms with Gasteiger partial charge in [0.15, 0.2) is 0 Å². The molecule has 0 spiro atoms. The van der Waals surface area contributed by atoms with E-state index in [2.05, 4.69) is 4.72 Å². The first kappa shape index (κ1) is 14.5. The quantitative estimate of drug-likeness (QED) is 0.762. The van der Waals surface area contributed by atoms with Gasteiger partial charge in [0.05, 0.1) is 4.90 Å². The molecule has 96 valence electrons. The van der Waals surface area contributed by atoms with Crippen molar-refractivity contribution in [3.8, 4) is 0 Å². The molecule has 1 rings (SSSR count). The summed E-state index contributed by atoms with van der Waals surface area (Å²) in [4.78, 5) is 0.321. The van der Waals surface area contributed by atoms with Crippen molar-refractivity contribution in [3.05, 3.63) is 29.3 Å². The van der Waals surface area contributed by atoms with E-state index in [1.54, 1.807) is 30.8 Å². The van der Waals surface area contributed by atoms with Gasteiger partial charge in [-0.15, -0.1) is 0 Å². The largest absolute Gasteiger partial charge is 0.326 e. The summed E-state index contributed by atoms with van der Waals surface area (Å²) in [6.07, 6.45) is 1.94. The molecular weight excluding hydrogens is 256 g/mol. The topological polar surface area (TPSA) is 72.2 Å². The standard InChI is InChI=1S/C11H18N2O2S2/c1-9-10(8-12)4-3-5-11(9)17(14,15)13-6-7-16-2/h3-5,13H,6-8,12H2,1-2H3. The van der Waals surface area contributed by atoms with Crippen LogP contribution in [0.1, 0.15) is 11.1 Å². The molecule has 0 atom stereocenters. The zero-order valence-corrected chi connectivity index (χ0v) is 11.7. The third-order valence-electron chi connectivity index (χ3n) is 2.50. The molecule has 0 amide bonds. The van der Waals surface area contributed by atoms with Gasteiger partial charge in [-0.1, -0.05) is 12.1 Å². The van der Waals surface area contributed by atoms with Gasteiger partial charge in [0.25, 0.3) is 0 Å². The van der Waals surface area contributed by atoms with Crippen LogP contribution in [0.4, 0.5) is 0 Å².